The smallest absolute Gasteiger partial charge is 0.320 e. The summed E-state index contributed by atoms with van der Waals surface area (Å²) < 4.78 is 13.9. The van der Waals surface area contributed by atoms with Crippen LogP contribution in [0.5, 0.6) is 11.5 Å². The van der Waals surface area contributed by atoms with Crippen molar-refractivity contribution in [3.63, 3.8) is 0 Å². The summed E-state index contributed by atoms with van der Waals surface area (Å²) >= 11 is 3.80. The number of benzene rings is 3. The fraction of sp³-hybridized carbons (Fsp3) is 0.540. The van der Waals surface area contributed by atoms with Gasteiger partial charge >= 0.3 is 23.9 Å². The number of ether oxygens (including phenoxy) is 2. The lowest BCUT2D eigenvalue weighted by Crippen LogP contribution is -2.51. The monoisotopic (exact) mass is 1020 g/mol. The average Bonchev–Trinajstić information content (AvgIpc) is 3.32. The summed E-state index contributed by atoms with van der Waals surface area (Å²) in [6.07, 6.45) is 4.39. The van der Waals surface area contributed by atoms with Gasteiger partial charge in [0.05, 0.1) is 30.7 Å². The number of carbonyl (C=O) groups excluding carboxylic acids is 1. The lowest BCUT2D eigenvalue weighted by atomic mass is 9.97. The van der Waals surface area contributed by atoms with Crippen LogP contribution in [-0.4, -0.2) is 192 Å². The number of halogens is 1. The van der Waals surface area contributed by atoms with E-state index in [1.165, 1.54) is 36.0 Å². The number of hydrogen-bond acceptors (Lipinski definition) is 13. The summed E-state index contributed by atoms with van der Waals surface area (Å²) in [5, 5.41) is 43.2. The molecule has 0 spiro atoms. The molecule has 1 amide bonds. The summed E-state index contributed by atoms with van der Waals surface area (Å²) in [7, 11) is 0. The number of carbonyl (C=O) groups is 5. The Hall–Kier alpha value is -5.15. The third-order valence-corrected chi connectivity index (χ3v) is 13.2. The number of aliphatic carboxylic acids is 4. The van der Waals surface area contributed by atoms with E-state index in [4.69, 9.17) is 19.7 Å². The summed E-state index contributed by atoms with van der Waals surface area (Å²) in [5.74, 6) is -2.99. The number of nitrogens with one attached hydrogen (secondary N) is 2. The van der Waals surface area contributed by atoms with Crippen LogP contribution in [0.3, 0.4) is 0 Å². The second-order valence-corrected chi connectivity index (χ2v) is 18.5. The molecule has 18 nitrogen and oxygen atoms in total. The minimum Gasteiger partial charge on any atom is -0.493 e. The lowest BCUT2D eigenvalue weighted by molar-refractivity contribution is -0.145. The van der Waals surface area contributed by atoms with E-state index in [2.05, 4.69) is 79.7 Å². The minimum atomic E-state index is -1.15. The molecule has 1 unspecified atom stereocenters. The first-order chi connectivity index (χ1) is 33.3. The molecule has 1 atom stereocenters. The first kappa shape index (κ1) is 54.8. The highest BCUT2D eigenvalue weighted by molar-refractivity contribution is 9.10. The average molecular weight is 1030 g/mol. The standard InChI is InChI=1S/C50H70BrN7O11/c1-37-39(12-8-13-41(37)38-10-4-2-5-11-38)36-69-45-31-44(40(30-42(45)51)34-55-18-6-3-7-19-55)68-29-9-20-54-23-27-58(28-24-54)46(59)15-14-43(50(66)67)57(22-17-53-33-48(62)63)26-25-56(35-49(64)65)21-16-52-32-47(60)61/h2,4-5,8,10-13,30-31,43,52-53H,3,6-7,9,14-29,32-36H2,1H3,(H,60,61)(H,62,63)(H,64,65)(H,66,67). The highest BCUT2D eigenvalue weighted by Gasteiger charge is 2.29. The lowest BCUT2D eigenvalue weighted by Gasteiger charge is -2.35. The fourth-order valence-electron chi connectivity index (χ4n) is 8.81. The zero-order valence-electron chi connectivity index (χ0n) is 39.8. The number of rotatable bonds is 31. The van der Waals surface area contributed by atoms with Crippen LogP contribution in [0.2, 0.25) is 0 Å². The Labute approximate surface area is 413 Å². The molecule has 0 aromatic heterocycles. The Morgan fingerprint density at radius 2 is 1.42 bits per heavy atom. The quantitative estimate of drug-likeness (QED) is 0.0498. The molecule has 19 heteroatoms. The molecule has 3 aromatic carbocycles. The van der Waals surface area contributed by atoms with E-state index in [-0.39, 0.29) is 77.7 Å². The van der Waals surface area contributed by atoms with Gasteiger partial charge in [-0.05, 0) is 89.9 Å². The molecule has 6 N–H and O–H groups in total. The van der Waals surface area contributed by atoms with E-state index in [1.807, 2.05) is 24.3 Å². The molecule has 2 aliphatic heterocycles. The number of piperazine rings is 1. The summed E-state index contributed by atoms with van der Waals surface area (Å²) in [4.78, 5) is 69.4. The maximum atomic E-state index is 13.5. The van der Waals surface area contributed by atoms with Gasteiger partial charge in [-0.15, -0.1) is 0 Å². The molecule has 2 aliphatic rings. The van der Waals surface area contributed by atoms with Crippen LogP contribution in [0.4, 0.5) is 0 Å². The Morgan fingerprint density at radius 1 is 0.725 bits per heavy atom. The normalized spacial score (nSPS) is 15.0. The van der Waals surface area contributed by atoms with E-state index in [9.17, 15) is 34.2 Å². The van der Waals surface area contributed by atoms with Crippen molar-refractivity contribution >= 4 is 45.7 Å². The molecule has 2 heterocycles. The molecule has 0 saturated carbocycles. The highest BCUT2D eigenvalue weighted by atomic mass is 79.9. The molecule has 3 aromatic rings. The van der Waals surface area contributed by atoms with Gasteiger partial charge in [0.2, 0.25) is 5.91 Å². The molecule has 2 saturated heterocycles. The van der Waals surface area contributed by atoms with Crippen LogP contribution in [0.1, 0.15) is 55.2 Å². The molecule has 0 bridgehead atoms. The molecule has 0 aliphatic carbocycles. The van der Waals surface area contributed by atoms with E-state index in [0.29, 0.717) is 39.4 Å². The third-order valence-electron chi connectivity index (χ3n) is 12.6. The summed E-state index contributed by atoms with van der Waals surface area (Å²) in [6.45, 7) is 9.05. The van der Waals surface area contributed by atoms with Gasteiger partial charge in [-0.1, -0.05) is 55.0 Å². The summed E-state index contributed by atoms with van der Waals surface area (Å²) in [5.41, 5.74) is 5.74. The van der Waals surface area contributed by atoms with E-state index < -0.39 is 29.9 Å². The number of piperidine rings is 1. The van der Waals surface area contributed by atoms with Crippen LogP contribution in [-0.2, 0) is 37.1 Å². The van der Waals surface area contributed by atoms with Gasteiger partial charge in [-0.25, -0.2) is 0 Å². The van der Waals surface area contributed by atoms with Gasteiger partial charge < -0.3 is 45.4 Å². The van der Waals surface area contributed by atoms with Gasteiger partial charge in [0, 0.05) is 96.6 Å². The van der Waals surface area contributed by atoms with Crippen molar-refractivity contribution in [2.75, 3.05) is 111 Å². The highest BCUT2D eigenvalue weighted by Crippen LogP contribution is 2.36. The fourth-order valence-corrected chi connectivity index (χ4v) is 9.31. The topological polar surface area (TPSA) is 225 Å². The second-order valence-electron chi connectivity index (χ2n) is 17.6. The van der Waals surface area contributed by atoms with E-state index in [0.717, 1.165) is 59.7 Å². The van der Waals surface area contributed by atoms with Crippen LogP contribution >= 0.6 is 15.9 Å². The SMILES string of the molecule is Cc1c(COc2cc(OCCCN3CCN(C(=O)CCC(C(=O)O)N(CCNCC(=O)O)CCN(CCNCC(=O)O)CC(=O)O)CC3)c(CN3CCCCC3)cc2Br)cccc1-c1ccccc1. The van der Waals surface area contributed by atoms with Crippen LogP contribution in [0.25, 0.3) is 11.1 Å². The summed E-state index contributed by atoms with van der Waals surface area (Å²) in [6, 6.07) is 19.7. The van der Waals surface area contributed by atoms with Crippen molar-refractivity contribution in [1.29, 1.82) is 0 Å². The second kappa shape index (κ2) is 29.1. The molecular weight excluding hydrogens is 954 g/mol. The Kier molecular flexibility index (Phi) is 23.1. The maximum absolute atomic E-state index is 13.5. The van der Waals surface area contributed by atoms with Crippen molar-refractivity contribution in [1.82, 2.24) is 35.1 Å². The van der Waals surface area contributed by atoms with Crippen molar-refractivity contribution < 1.29 is 53.9 Å². The molecule has 0 radical (unpaired) electrons. The molecule has 378 valence electrons. The number of carboxylic acid groups (broad SMARTS) is 4. The van der Waals surface area contributed by atoms with Crippen molar-refractivity contribution in [2.45, 2.75) is 64.6 Å². The Morgan fingerprint density at radius 3 is 2.09 bits per heavy atom. The minimum absolute atomic E-state index is 0.00734. The Bertz CT molecular complexity index is 2120. The van der Waals surface area contributed by atoms with Crippen molar-refractivity contribution in [2.24, 2.45) is 0 Å². The predicted molar refractivity (Wildman–Crippen MR) is 265 cm³/mol. The van der Waals surface area contributed by atoms with E-state index in [1.54, 1.807) is 14.7 Å². The zero-order valence-corrected chi connectivity index (χ0v) is 41.4. The number of nitrogens with zero attached hydrogens (tertiary/aromatic N) is 5. The van der Waals surface area contributed by atoms with Gasteiger partial charge in [0.15, 0.2) is 0 Å². The van der Waals surface area contributed by atoms with Gasteiger partial charge in [-0.3, -0.25) is 43.6 Å². The van der Waals surface area contributed by atoms with Gasteiger partial charge in [-0.2, -0.15) is 0 Å². The van der Waals surface area contributed by atoms with Crippen molar-refractivity contribution in [3.8, 4) is 22.6 Å². The van der Waals surface area contributed by atoms with Crippen LogP contribution in [0.15, 0.2) is 65.1 Å². The van der Waals surface area contributed by atoms with Gasteiger partial charge in [0.1, 0.15) is 24.1 Å². The Balaban J connectivity index is 1.12. The van der Waals surface area contributed by atoms with E-state index >= 15 is 0 Å². The third kappa shape index (κ3) is 18.9. The number of amides is 1. The van der Waals surface area contributed by atoms with Crippen molar-refractivity contribution in [3.05, 3.63) is 81.8 Å². The first-order valence-electron chi connectivity index (χ1n) is 24.0. The molecule has 69 heavy (non-hydrogen) atoms. The molecule has 2 fully saturated rings. The van der Waals surface area contributed by atoms with Gasteiger partial charge in [0.25, 0.3) is 0 Å². The number of hydrogen-bond donors (Lipinski definition) is 6. The maximum Gasteiger partial charge on any atom is 0.320 e. The first-order valence-corrected chi connectivity index (χ1v) is 24.8. The predicted octanol–water partition coefficient (Wildman–Crippen LogP) is 4.17. The number of carboxylic acids is 4. The van der Waals surface area contributed by atoms with Crippen LogP contribution in [0, 0.1) is 6.92 Å². The van der Waals surface area contributed by atoms with Crippen LogP contribution < -0.4 is 20.1 Å². The molecule has 5 rings (SSSR count). The zero-order chi connectivity index (χ0) is 49.5. The largest absolute Gasteiger partial charge is 0.493 e. The number of likely N-dealkylation sites (tertiary alicyclic amines) is 1. The molecular formula is C50H70BrN7O11.